The summed E-state index contributed by atoms with van der Waals surface area (Å²) in [6.07, 6.45) is 1.63. The summed E-state index contributed by atoms with van der Waals surface area (Å²) in [5.74, 6) is -0.442. The van der Waals surface area contributed by atoms with Crippen LogP contribution in [0.4, 0.5) is 9.52 Å². The van der Waals surface area contributed by atoms with Gasteiger partial charge in [-0.2, -0.15) is 0 Å². The van der Waals surface area contributed by atoms with Gasteiger partial charge in [0, 0.05) is 30.6 Å². The molecule has 5 nitrogen and oxygen atoms in total. The standard InChI is InChI=1S/C15H16FN3O2S/c16-12-4-2-1-3-10(12)7-11-8-18-15(22-11)19-14(20)13-9-17-5-6-21-13/h1-4,8,13,17H,5-7,9H2,(H,18,19,20). The number of amides is 1. The predicted octanol–water partition coefficient (Wildman–Crippen LogP) is 1.80. The van der Waals surface area contributed by atoms with Crippen molar-refractivity contribution in [1.82, 2.24) is 10.3 Å². The number of thiazole rings is 1. The average Bonchev–Trinajstić information content (AvgIpc) is 2.97. The summed E-state index contributed by atoms with van der Waals surface area (Å²) < 4.78 is 19.0. The monoisotopic (exact) mass is 321 g/mol. The first-order chi connectivity index (χ1) is 10.7. The first kappa shape index (κ1) is 15.1. The molecule has 1 atom stereocenters. The molecule has 0 radical (unpaired) electrons. The molecule has 0 saturated carbocycles. The van der Waals surface area contributed by atoms with E-state index < -0.39 is 6.10 Å². The third-order valence-corrected chi connectivity index (χ3v) is 4.24. The number of hydrogen-bond acceptors (Lipinski definition) is 5. The highest BCUT2D eigenvalue weighted by molar-refractivity contribution is 7.15. The van der Waals surface area contributed by atoms with E-state index in [1.54, 1.807) is 24.4 Å². The van der Waals surface area contributed by atoms with Crippen molar-refractivity contribution in [3.63, 3.8) is 0 Å². The van der Waals surface area contributed by atoms with Gasteiger partial charge in [-0.25, -0.2) is 9.37 Å². The topological polar surface area (TPSA) is 63.2 Å². The molecule has 1 amide bonds. The Bertz CT molecular complexity index is 656. The Morgan fingerprint density at radius 2 is 2.36 bits per heavy atom. The fraction of sp³-hybridized carbons (Fsp3) is 0.333. The Morgan fingerprint density at radius 1 is 1.50 bits per heavy atom. The molecule has 7 heteroatoms. The van der Waals surface area contributed by atoms with Crippen LogP contribution in [0.25, 0.3) is 0 Å². The highest BCUT2D eigenvalue weighted by Gasteiger charge is 2.22. The molecular weight excluding hydrogens is 305 g/mol. The zero-order chi connectivity index (χ0) is 15.4. The first-order valence-electron chi connectivity index (χ1n) is 7.03. The van der Waals surface area contributed by atoms with E-state index >= 15 is 0 Å². The number of anilines is 1. The Balaban J connectivity index is 1.61. The Kier molecular flexibility index (Phi) is 4.77. The van der Waals surface area contributed by atoms with Gasteiger partial charge in [0.05, 0.1) is 6.61 Å². The molecule has 0 spiro atoms. The van der Waals surface area contributed by atoms with E-state index in [1.807, 2.05) is 0 Å². The van der Waals surface area contributed by atoms with E-state index in [-0.39, 0.29) is 11.7 Å². The number of nitrogens with zero attached hydrogens (tertiary/aromatic N) is 1. The number of carbonyl (C=O) groups excluding carboxylic acids is 1. The maximum Gasteiger partial charge on any atom is 0.256 e. The van der Waals surface area contributed by atoms with Crippen LogP contribution in [0.2, 0.25) is 0 Å². The number of rotatable bonds is 4. The normalized spacial score (nSPS) is 18.1. The van der Waals surface area contributed by atoms with Gasteiger partial charge in [0.1, 0.15) is 11.9 Å². The summed E-state index contributed by atoms with van der Waals surface area (Å²) in [6.45, 7) is 1.78. The largest absolute Gasteiger partial charge is 0.366 e. The van der Waals surface area contributed by atoms with Gasteiger partial charge in [-0.15, -0.1) is 11.3 Å². The van der Waals surface area contributed by atoms with Crippen LogP contribution in [0.5, 0.6) is 0 Å². The molecule has 2 heterocycles. The Labute approximate surface area is 131 Å². The third kappa shape index (κ3) is 3.68. The molecule has 2 aromatic rings. The van der Waals surface area contributed by atoms with Gasteiger partial charge in [0.15, 0.2) is 5.13 Å². The summed E-state index contributed by atoms with van der Waals surface area (Å²) in [5.41, 5.74) is 0.615. The third-order valence-electron chi connectivity index (χ3n) is 3.33. The molecule has 2 N–H and O–H groups in total. The minimum atomic E-state index is -0.493. The molecule has 1 aromatic heterocycles. The Morgan fingerprint density at radius 3 is 3.14 bits per heavy atom. The van der Waals surface area contributed by atoms with E-state index in [4.69, 9.17) is 4.74 Å². The van der Waals surface area contributed by atoms with Crippen molar-refractivity contribution in [1.29, 1.82) is 0 Å². The number of carbonyl (C=O) groups is 1. The Hall–Kier alpha value is -1.83. The van der Waals surface area contributed by atoms with Gasteiger partial charge in [0.25, 0.3) is 5.91 Å². The summed E-state index contributed by atoms with van der Waals surface area (Å²) in [4.78, 5) is 17.1. The van der Waals surface area contributed by atoms with Crippen molar-refractivity contribution >= 4 is 22.4 Å². The molecule has 1 aliphatic heterocycles. The quantitative estimate of drug-likeness (QED) is 0.901. The van der Waals surface area contributed by atoms with Gasteiger partial charge >= 0.3 is 0 Å². The molecule has 116 valence electrons. The molecule has 1 fully saturated rings. The number of hydrogen-bond donors (Lipinski definition) is 2. The molecule has 1 saturated heterocycles. The summed E-state index contributed by atoms with van der Waals surface area (Å²) in [5, 5.41) is 6.35. The molecule has 3 rings (SSSR count). The van der Waals surface area contributed by atoms with Crippen LogP contribution < -0.4 is 10.6 Å². The van der Waals surface area contributed by atoms with Crippen molar-refractivity contribution in [2.24, 2.45) is 0 Å². The number of benzene rings is 1. The lowest BCUT2D eigenvalue weighted by Gasteiger charge is -2.22. The number of halogens is 1. The SMILES string of the molecule is O=C(Nc1ncc(Cc2ccccc2F)s1)C1CNCCO1. The zero-order valence-corrected chi connectivity index (χ0v) is 12.7. The van der Waals surface area contributed by atoms with Crippen LogP contribution in [0, 0.1) is 5.82 Å². The van der Waals surface area contributed by atoms with Crippen LogP contribution in [-0.4, -0.2) is 36.7 Å². The highest BCUT2D eigenvalue weighted by atomic mass is 32.1. The van der Waals surface area contributed by atoms with Crippen molar-refractivity contribution < 1.29 is 13.9 Å². The minimum absolute atomic E-state index is 0.209. The fourth-order valence-electron chi connectivity index (χ4n) is 2.20. The molecule has 1 aliphatic rings. The van der Waals surface area contributed by atoms with E-state index in [0.717, 1.165) is 11.4 Å². The van der Waals surface area contributed by atoms with E-state index in [2.05, 4.69) is 15.6 Å². The van der Waals surface area contributed by atoms with Crippen molar-refractivity contribution in [3.8, 4) is 0 Å². The maximum atomic E-state index is 13.6. The van der Waals surface area contributed by atoms with Crippen LogP contribution in [0.1, 0.15) is 10.4 Å². The van der Waals surface area contributed by atoms with E-state index in [0.29, 0.717) is 30.3 Å². The molecule has 1 unspecified atom stereocenters. The second-order valence-electron chi connectivity index (χ2n) is 4.95. The first-order valence-corrected chi connectivity index (χ1v) is 7.85. The van der Waals surface area contributed by atoms with Crippen LogP contribution in [0.3, 0.4) is 0 Å². The molecule has 0 bridgehead atoms. The van der Waals surface area contributed by atoms with Gasteiger partial charge in [-0.1, -0.05) is 18.2 Å². The lowest BCUT2D eigenvalue weighted by atomic mass is 10.1. The van der Waals surface area contributed by atoms with Crippen LogP contribution in [0.15, 0.2) is 30.5 Å². The smallest absolute Gasteiger partial charge is 0.256 e. The van der Waals surface area contributed by atoms with Gasteiger partial charge in [0.2, 0.25) is 0 Å². The fourth-order valence-corrected chi connectivity index (χ4v) is 3.03. The van der Waals surface area contributed by atoms with Crippen molar-refractivity contribution in [2.45, 2.75) is 12.5 Å². The van der Waals surface area contributed by atoms with Crippen LogP contribution in [-0.2, 0) is 16.0 Å². The van der Waals surface area contributed by atoms with E-state index in [9.17, 15) is 9.18 Å². The van der Waals surface area contributed by atoms with Gasteiger partial charge in [-0.3, -0.25) is 10.1 Å². The van der Waals surface area contributed by atoms with Gasteiger partial charge < -0.3 is 10.1 Å². The maximum absolute atomic E-state index is 13.6. The highest BCUT2D eigenvalue weighted by Crippen LogP contribution is 2.22. The average molecular weight is 321 g/mol. The lowest BCUT2D eigenvalue weighted by molar-refractivity contribution is -0.128. The summed E-state index contributed by atoms with van der Waals surface area (Å²) in [7, 11) is 0. The second-order valence-corrected chi connectivity index (χ2v) is 6.07. The summed E-state index contributed by atoms with van der Waals surface area (Å²) >= 11 is 1.34. The zero-order valence-electron chi connectivity index (χ0n) is 11.8. The van der Waals surface area contributed by atoms with Crippen LogP contribution >= 0.6 is 11.3 Å². The second kappa shape index (κ2) is 6.95. The number of ether oxygens (including phenoxy) is 1. The number of morpholine rings is 1. The summed E-state index contributed by atoms with van der Waals surface area (Å²) in [6, 6.07) is 6.65. The molecule has 22 heavy (non-hydrogen) atoms. The van der Waals surface area contributed by atoms with Crippen molar-refractivity contribution in [2.75, 3.05) is 25.0 Å². The molecule has 1 aromatic carbocycles. The van der Waals surface area contributed by atoms with Crippen molar-refractivity contribution in [3.05, 3.63) is 46.7 Å². The minimum Gasteiger partial charge on any atom is -0.366 e. The number of aromatic nitrogens is 1. The molecule has 0 aliphatic carbocycles. The lowest BCUT2D eigenvalue weighted by Crippen LogP contribution is -2.45. The number of nitrogens with one attached hydrogen (secondary N) is 2. The van der Waals surface area contributed by atoms with Gasteiger partial charge in [-0.05, 0) is 11.6 Å². The predicted molar refractivity (Wildman–Crippen MR) is 82.6 cm³/mol. The van der Waals surface area contributed by atoms with E-state index in [1.165, 1.54) is 17.4 Å². The molecular formula is C15H16FN3O2S.